The fourth-order valence-corrected chi connectivity index (χ4v) is 2.99. The molecule has 2 rings (SSSR count). The number of carbonyl (C=O) groups is 1. The molecule has 1 aromatic rings. The average molecular weight is 376 g/mol. The third kappa shape index (κ3) is 7.84. The maximum Gasteiger partial charge on any atom is 0.224 e. The molecule has 0 spiro atoms. The van der Waals surface area contributed by atoms with Crippen molar-refractivity contribution in [3.8, 4) is 0 Å². The number of hydrogen-bond acceptors (Lipinski definition) is 3. The van der Waals surface area contributed by atoms with Gasteiger partial charge < -0.3 is 15.5 Å². The molecular formula is C18H31Cl2N3O. The van der Waals surface area contributed by atoms with Gasteiger partial charge >= 0.3 is 0 Å². The van der Waals surface area contributed by atoms with Crippen molar-refractivity contribution in [2.75, 3.05) is 32.5 Å². The van der Waals surface area contributed by atoms with Gasteiger partial charge in [0.2, 0.25) is 5.91 Å². The second-order valence-electron chi connectivity index (χ2n) is 6.67. The molecule has 0 unspecified atom stereocenters. The quantitative estimate of drug-likeness (QED) is 0.797. The molecule has 4 nitrogen and oxygen atoms in total. The van der Waals surface area contributed by atoms with Crippen LogP contribution in [0.2, 0.25) is 0 Å². The smallest absolute Gasteiger partial charge is 0.224 e. The summed E-state index contributed by atoms with van der Waals surface area (Å²) in [4.78, 5) is 14.3. The van der Waals surface area contributed by atoms with E-state index in [-0.39, 0.29) is 30.7 Å². The summed E-state index contributed by atoms with van der Waals surface area (Å²) < 4.78 is 0. The minimum Gasteiger partial charge on any atom is -0.326 e. The Hall–Kier alpha value is -0.810. The molecule has 0 atom stereocenters. The van der Waals surface area contributed by atoms with Gasteiger partial charge in [0, 0.05) is 18.7 Å². The first-order chi connectivity index (χ1) is 10.5. The van der Waals surface area contributed by atoms with Gasteiger partial charge in [-0.25, -0.2) is 0 Å². The molecule has 1 fully saturated rings. The maximum absolute atomic E-state index is 12.2. The number of halogens is 2. The number of nitrogens with zero attached hydrogens (tertiary/aromatic N) is 1. The Morgan fingerprint density at radius 1 is 1.25 bits per heavy atom. The summed E-state index contributed by atoms with van der Waals surface area (Å²) in [5.74, 6) is 0.844. The van der Waals surface area contributed by atoms with Crippen LogP contribution < -0.4 is 10.6 Å². The predicted octanol–water partition coefficient (Wildman–Crippen LogP) is 3.62. The van der Waals surface area contributed by atoms with Gasteiger partial charge in [-0.05, 0) is 76.5 Å². The fourth-order valence-electron chi connectivity index (χ4n) is 2.99. The second kappa shape index (κ2) is 11.7. The largest absolute Gasteiger partial charge is 0.326 e. The molecule has 1 heterocycles. The highest BCUT2D eigenvalue weighted by atomic mass is 35.5. The van der Waals surface area contributed by atoms with Gasteiger partial charge in [-0.15, -0.1) is 24.8 Å². The number of rotatable bonds is 6. The molecule has 24 heavy (non-hydrogen) atoms. The highest BCUT2D eigenvalue weighted by molar-refractivity contribution is 5.91. The van der Waals surface area contributed by atoms with Crippen molar-refractivity contribution in [1.82, 2.24) is 10.2 Å². The molecule has 2 N–H and O–H groups in total. The fraction of sp³-hybridized carbons (Fsp3) is 0.611. The van der Waals surface area contributed by atoms with Crippen molar-refractivity contribution < 1.29 is 4.79 Å². The molecule has 6 heteroatoms. The van der Waals surface area contributed by atoms with E-state index in [2.05, 4.69) is 47.8 Å². The van der Waals surface area contributed by atoms with Gasteiger partial charge in [0.1, 0.15) is 0 Å². The monoisotopic (exact) mass is 375 g/mol. The van der Waals surface area contributed by atoms with E-state index in [1.807, 2.05) is 6.92 Å². The van der Waals surface area contributed by atoms with Crippen LogP contribution in [0.3, 0.4) is 0 Å². The lowest BCUT2D eigenvalue weighted by molar-refractivity contribution is -0.116. The van der Waals surface area contributed by atoms with Crippen molar-refractivity contribution >= 4 is 36.4 Å². The second-order valence-corrected chi connectivity index (χ2v) is 6.67. The number of piperidine rings is 1. The molecule has 0 saturated carbocycles. The Kier molecular flexibility index (Phi) is 11.3. The molecule has 1 aliphatic rings. The van der Waals surface area contributed by atoms with Gasteiger partial charge in [0.15, 0.2) is 0 Å². The Morgan fingerprint density at radius 2 is 1.92 bits per heavy atom. The molecule has 0 aromatic heterocycles. The van der Waals surface area contributed by atoms with Crippen LogP contribution in [0.5, 0.6) is 0 Å². The summed E-state index contributed by atoms with van der Waals surface area (Å²) in [6, 6.07) is 6.30. The minimum absolute atomic E-state index is 0. The highest BCUT2D eigenvalue weighted by Crippen LogP contribution is 2.20. The normalized spacial score (nSPS) is 14.7. The number of aryl methyl sites for hydroxylation is 1. The number of carbonyl (C=O) groups excluding carboxylic acids is 1. The first-order valence-electron chi connectivity index (χ1n) is 8.29. The molecule has 1 amide bonds. The summed E-state index contributed by atoms with van der Waals surface area (Å²) >= 11 is 0. The van der Waals surface area contributed by atoms with Gasteiger partial charge in [-0.3, -0.25) is 4.79 Å². The van der Waals surface area contributed by atoms with E-state index < -0.39 is 0 Å². The predicted molar refractivity (Wildman–Crippen MR) is 107 cm³/mol. The van der Waals surface area contributed by atoms with E-state index in [4.69, 9.17) is 0 Å². The molecule has 1 aromatic carbocycles. The van der Waals surface area contributed by atoms with Crippen LogP contribution in [-0.2, 0) is 11.3 Å². The van der Waals surface area contributed by atoms with Crippen molar-refractivity contribution in [1.29, 1.82) is 0 Å². The zero-order chi connectivity index (χ0) is 15.9. The van der Waals surface area contributed by atoms with E-state index in [1.165, 1.54) is 18.4 Å². The van der Waals surface area contributed by atoms with E-state index in [0.717, 1.165) is 37.3 Å². The highest BCUT2D eigenvalue weighted by Gasteiger charge is 2.15. The lowest BCUT2D eigenvalue weighted by atomic mass is 9.93. The summed E-state index contributed by atoms with van der Waals surface area (Å²) in [5.41, 5.74) is 3.30. The van der Waals surface area contributed by atoms with E-state index >= 15 is 0 Å². The van der Waals surface area contributed by atoms with Gasteiger partial charge in [0.05, 0.1) is 0 Å². The molecule has 138 valence electrons. The summed E-state index contributed by atoms with van der Waals surface area (Å²) in [6.07, 6.45) is 4.03. The van der Waals surface area contributed by atoms with Crippen LogP contribution in [0, 0.1) is 12.8 Å². The lowest BCUT2D eigenvalue weighted by Crippen LogP contribution is -2.28. The third-order valence-electron chi connectivity index (χ3n) is 4.31. The summed E-state index contributed by atoms with van der Waals surface area (Å²) in [7, 11) is 4.11. The van der Waals surface area contributed by atoms with Crippen LogP contribution >= 0.6 is 24.8 Å². The Balaban J connectivity index is 0.00000264. The van der Waals surface area contributed by atoms with E-state index in [0.29, 0.717) is 12.3 Å². The van der Waals surface area contributed by atoms with Crippen molar-refractivity contribution in [2.45, 2.75) is 39.2 Å². The van der Waals surface area contributed by atoms with E-state index in [9.17, 15) is 4.79 Å². The summed E-state index contributed by atoms with van der Waals surface area (Å²) in [6.45, 7) is 5.12. The molecular weight excluding hydrogens is 345 g/mol. The number of nitrogens with one attached hydrogen (secondary N) is 2. The van der Waals surface area contributed by atoms with Crippen molar-refractivity contribution in [2.24, 2.45) is 5.92 Å². The van der Waals surface area contributed by atoms with Crippen molar-refractivity contribution in [3.05, 3.63) is 29.3 Å². The first kappa shape index (κ1) is 23.2. The Labute approximate surface area is 158 Å². The number of hydrogen-bond donors (Lipinski definition) is 2. The van der Waals surface area contributed by atoms with Gasteiger partial charge in [0.25, 0.3) is 0 Å². The standard InChI is InChI=1S/C18H29N3O.2ClH/c1-14-4-5-16(13-21(2)3)12-17(14)20-18(22)7-6-15-8-10-19-11-9-15;;/h4-5,12,15,19H,6-11,13H2,1-3H3,(H,20,22);2*1H. The maximum atomic E-state index is 12.2. The van der Waals surface area contributed by atoms with Gasteiger partial charge in [-0.1, -0.05) is 12.1 Å². The van der Waals surface area contributed by atoms with Crippen LogP contribution in [-0.4, -0.2) is 38.0 Å². The minimum atomic E-state index is 0. The van der Waals surface area contributed by atoms with Crippen LogP contribution in [0.15, 0.2) is 18.2 Å². The van der Waals surface area contributed by atoms with E-state index in [1.54, 1.807) is 0 Å². The molecule has 0 aliphatic carbocycles. The average Bonchev–Trinajstić information content (AvgIpc) is 2.49. The van der Waals surface area contributed by atoms with Crippen LogP contribution in [0.1, 0.15) is 36.8 Å². The zero-order valence-electron chi connectivity index (χ0n) is 14.9. The SMILES string of the molecule is Cc1ccc(CN(C)C)cc1NC(=O)CCC1CCNCC1.Cl.Cl. The third-order valence-corrected chi connectivity index (χ3v) is 4.31. The lowest BCUT2D eigenvalue weighted by Gasteiger charge is -2.22. The molecule has 0 radical (unpaired) electrons. The number of benzene rings is 1. The number of anilines is 1. The van der Waals surface area contributed by atoms with Crippen molar-refractivity contribution in [3.63, 3.8) is 0 Å². The molecule has 1 aliphatic heterocycles. The Morgan fingerprint density at radius 3 is 2.54 bits per heavy atom. The number of amides is 1. The first-order valence-corrected chi connectivity index (χ1v) is 8.29. The Bertz CT molecular complexity index is 503. The molecule has 1 saturated heterocycles. The van der Waals surface area contributed by atoms with Crippen LogP contribution in [0.4, 0.5) is 5.69 Å². The van der Waals surface area contributed by atoms with Crippen LogP contribution in [0.25, 0.3) is 0 Å². The zero-order valence-corrected chi connectivity index (χ0v) is 16.6. The molecule has 0 bridgehead atoms. The summed E-state index contributed by atoms with van der Waals surface area (Å²) in [5, 5.41) is 6.46. The topological polar surface area (TPSA) is 44.4 Å². The van der Waals surface area contributed by atoms with Gasteiger partial charge in [-0.2, -0.15) is 0 Å².